The van der Waals surface area contributed by atoms with Gasteiger partial charge in [-0.1, -0.05) is 0 Å². The molecule has 6 nitrogen and oxygen atoms in total. The van der Waals surface area contributed by atoms with E-state index < -0.39 is 0 Å². The van der Waals surface area contributed by atoms with E-state index in [9.17, 15) is 0 Å². The van der Waals surface area contributed by atoms with Crippen LogP contribution in [0, 0.1) is 0 Å². The standard InChI is InChI=1S/C13H21N5O/c1-8(10-3-2-6-19-10)15-11-7-12(18-14)17-13(16-11)9-4-5-9/h7-10H,2-6,14H2,1H3,(H2,15,16,17,18). The fourth-order valence-electron chi connectivity index (χ4n) is 2.46. The van der Waals surface area contributed by atoms with E-state index in [1.165, 1.54) is 12.8 Å². The molecular formula is C13H21N5O. The zero-order valence-corrected chi connectivity index (χ0v) is 11.2. The highest BCUT2D eigenvalue weighted by molar-refractivity contribution is 5.48. The first-order valence-corrected chi connectivity index (χ1v) is 7.00. The van der Waals surface area contributed by atoms with Crippen LogP contribution >= 0.6 is 0 Å². The second-order valence-electron chi connectivity index (χ2n) is 5.40. The van der Waals surface area contributed by atoms with Crippen molar-refractivity contribution in [1.82, 2.24) is 9.97 Å². The van der Waals surface area contributed by atoms with Crippen molar-refractivity contribution in [2.24, 2.45) is 5.84 Å². The zero-order valence-electron chi connectivity index (χ0n) is 11.2. The summed E-state index contributed by atoms with van der Waals surface area (Å²) >= 11 is 0. The Morgan fingerprint density at radius 2 is 2.11 bits per heavy atom. The normalized spacial score (nSPS) is 24.2. The summed E-state index contributed by atoms with van der Waals surface area (Å²) in [6, 6.07) is 2.09. The molecule has 104 valence electrons. The molecular weight excluding hydrogens is 242 g/mol. The van der Waals surface area contributed by atoms with Crippen molar-refractivity contribution in [3.8, 4) is 0 Å². The first-order valence-electron chi connectivity index (χ1n) is 7.00. The molecule has 19 heavy (non-hydrogen) atoms. The number of nitrogens with two attached hydrogens (primary N) is 1. The van der Waals surface area contributed by atoms with Crippen LogP contribution in [-0.2, 0) is 4.74 Å². The first-order chi connectivity index (χ1) is 9.26. The Morgan fingerprint density at radius 3 is 2.74 bits per heavy atom. The van der Waals surface area contributed by atoms with E-state index in [1.807, 2.05) is 6.07 Å². The lowest BCUT2D eigenvalue weighted by Crippen LogP contribution is -2.30. The molecule has 1 aliphatic carbocycles. The van der Waals surface area contributed by atoms with Gasteiger partial charge in [0.05, 0.1) is 12.1 Å². The Kier molecular flexibility index (Phi) is 3.52. The predicted molar refractivity (Wildman–Crippen MR) is 73.9 cm³/mol. The lowest BCUT2D eigenvalue weighted by atomic mass is 10.1. The number of nitrogens with zero attached hydrogens (tertiary/aromatic N) is 2. The fourth-order valence-corrected chi connectivity index (χ4v) is 2.46. The first kappa shape index (κ1) is 12.6. The minimum atomic E-state index is 0.245. The number of hydrazine groups is 1. The topological polar surface area (TPSA) is 85.1 Å². The van der Waals surface area contributed by atoms with Crippen LogP contribution in [0.2, 0.25) is 0 Å². The van der Waals surface area contributed by atoms with Gasteiger partial charge in [0.2, 0.25) is 0 Å². The van der Waals surface area contributed by atoms with E-state index in [0.717, 1.165) is 31.1 Å². The Labute approximate surface area is 113 Å². The molecule has 1 saturated heterocycles. The highest BCUT2D eigenvalue weighted by atomic mass is 16.5. The number of rotatable bonds is 5. The minimum Gasteiger partial charge on any atom is -0.376 e. The van der Waals surface area contributed by atoms with Crippen molar-refractivity contribution in [3.63, 3.8) is 0 Å². The molecule has 3 rings (SSSR count). The molecule has 1 aliphatic heterocycles. The molecule has 2 fully saturated rings. The lowest BCUT2D eigenvalue weighted by molar-refractivity contribution is 0.0995. The fraction of sp³-hybridized carbons (Fsp3) is 0.692. The molecule has 6 heteroatoms. The summed E-state index contributed by atoms with van der Waals surface area (Å²) in [6.07, 6.45) is 4.87. The zero-order chi connectivity index (χ0) is 13.2. The highest BCUT2D eigenvalue weighted by Gasteiger charge is 2.28. The Bertz CT molecular complexity index is 443. The molecule has 2 heterocycles. The number of anilines is 2. The molecule has 1 aromatic heterocycles. The van der Waals surface area contributed by atoms with Crippen molar-refractivity contribution < 1.29 is 4.74 Å². The summed E-state index contributed by atoms with van der Waals surface area (Å²) in [5.74, 6) is 8.35. The van der Waals surface area contributed by atoms with Gasteiger partial charge in [0.25, 0.3) is 0 Å². The number of hydrogen-bond acceptors (Lipinski definition) is 6. The second-order valence-corrected chi connectivity index (χ2v) is 5.40. The van der Waals surface area contributed by atoms with E-state index in [1.54, 1.807) is 0 Å². The van der Waals surface area contributed by atoms with E-state index >= 15 is 0 Å². The predicted octanol–water partition coefficient (Wildman–Crippen LogP) is 1.62. The van der Waals surface area contributed by atoms with Gasteiger partial charge in [-0.25, -0.2) is 15.8 Å². The summed E-state index contributed by atoms with van der Waals surface area (Å²) in [6.45, 7) is 2.99. The number of nitrogen functional groups attached to an aromatic ring is 1. The van der Waals surface area contributed by atoms with Crippen LogP contribution in [-0.4, -0.2) is 28.7 Å². The van der Waals surface area contributed by atoms with Gasteiger partial charge in [0, 0.05) is 18.6 Å². The van der Waals surface area contributed by atoms with Crippen LogP contribution < -0.4 is 16.6 Å². The third-order valence-corrected chi connectivity index (χ3v) is 3.73. The molecule has 1 saturated carbocycles. The van der Waals surface area contributed by atoms with E-state index in [-0.39, 0.29) is 12.1 Å². The molecule has 0 amide bonds. The Balaban J connectivity index is 1.73. The summed E-state index contributed by atoms with van der Waals surface area (Å²) in [4.78, 5) is 8.98. The van der Waals surface area contributed by atoms with Gasteiger partial charge < -0.3 is 15.5 Å². The molecule has 0 bridgehead atoms. The maximum Gasteiger partial charge on any atom is 0.145 e. The summed E-state index contributed by atoms with van der Waals surface area (Å²) in [5, 5.41) is 3.41. The maximum atomic E-state index is 5.69. The third-order valence-electron chi connectivity index (χ3n) is 3.73. The van der Waals surface area contributed by atoms with Crippen LogP contribution in [0.15, 0.2) is 6.07 Å². The molecule has 1 aromatic rings. The van der Waals surface area contributed by atoms with Gasteiger partial charge in [0.15, 0.2) is 0 Å². The average Bonchev–Trinajstić information content (AvgIpc) is 3.13. The van der Waals surface area contributed by atoms with Crippen LogP contribution in [0.25, 0.3) is 0 Å². The molecule has 4 N–H and O–H groups in total. The number of ether oxygens (including phenoxy) is 1. The third kappa shape index (κ3) is 2.96. The van der Waals surface area contributed by atoms with Gasteiger partial charge >= 0.3 is 0 Å². The van der Waals surface area contributed by atoms with Gasteiger partial charge in [-0.05, 0) is 32.6 Å². The van der Waals surface area contributed by atoms with Crippen molar-refractivity contribution in [1.29, 1.82) is 0 Å². The number of hydrogen-bond donors (Lipinski definition) is 3. The average molecular weight is 263 g/mol. The van der Waals surface area contributed by atoms with Crippen LogP contribution in [0.5, 0.6) is 0 Å². The van der Waals surface area contributed by atoms with Crippen molar-refractivity contribution in [3.05, 3.63) is 11.9 Å². The van der Waals surface area contributed by atoms with Gasteiger partial charge in [0.1, 0.15) is 17.5 Å². The van der Waals surface area contributed by atoms with E-state index in [0.29, 0.717) is 11.7 Å². The van der Waals surface area contributed by atoms with E-state index in [2.05, 4.69) is 27.6 Å². The minimum absolute atomic E-state index is 0.245. The SMILES string of the molecule is CC(Nc1cc(NN)nc(C2CC2)n1)C1CCCO1. The monoisotopic (exact) mass is 263 g/mol. The lowest BCUT2D eigenvalue weighted by Gasteiger charge is -2.21. The highest BCUT2D eigenvalue weighted by Crippen LogP contribution is 2.38. The largest absolute Gasteiger partial charge is 0.376 e. The van der Waals surface area contributed by atoms with Crippen LogP contribution in [0.1, 0.15) is 44.3 Å². The maximum absolute atomic E-state index is 5.69. The van der Waals surface area contributed by atoms with Crippen LogP contribution in [0.4, 0.5) is 11.6 Å². The van der Waals surface area contributed by atoms with E-state index in [4.69, 9.17) is 10.6 Å². The van der Waals surface area contributed by atoms with Crippen molar-refractivity contribution in [2.75, 3.05) is 17.3 Å². The molecule has 0 aromatic carbocycles. The van der Waals surface area contributed by atoms with Crippen molar-refractivity contribution >= 4 is 11.6 Å². The Morgan fingerprint density at radius 1 is 1.32 bits per heavy atom. The van der Waals surface area contributed by atoms with Crippen LogP contribution in [0.3, 0.4) is 0 Å². The summed E-state index contributed by atoms with van der Waals surface area (Å²) in [5.41, 5.74) is 2.61. The smallest absolute Gasteiger partial charge is 0.145 e. The molecule has 2 aliphatic rings. The molecule has 2 unspecified atom stereocenters. The van der Waals surface area contributed by atoms with Crippen molar-refractivity contribution in [2.45, 2.75) is 50.7 Å². The van der Waals surface area contributed by atoms with Gasteiger partial charge in [-0.15, -0.1) is 0 Å². The quantitative estimate of drug-likeness (QED) is 0.553. The molecule has 0 radical (unpaired) electrons. The van der Waals surface area contributed by atoms with Gasteiger partial charge in [-0.2, -0.15) is 0 Å². The summed E-state index contributed by atoms with van der Waals surface area (Å²) in [7, 11) is 0. The Hall–Kier alpha value is -1.40. The molecule has 0 spiro atoms. The second kappa shape index (κ2) is 5.30. The van der Waals surface area contributed by atoms with Gasteiger partial charge in [-0.3, -0.25) is 0 Å². The summed E-state index contributed by atoms with van der Waals surface area (Å²) < 4.78 is 5.69. The molecule has 2 atom stereocenters. The number of aromatic nitrogens is 2. The number of nitrogens with one attached hydrogen (secondary N) is 2.